The molecule has 0 aromatic heterocycles. The van der Waals surface area contributed by atoms with Crippen molar-refractivity contribution in [3.8, 4) is 0 Å². The maximum absolute atomic E-state index is 10.6. The van der Waals surface area contributed by atoms with Crippen molar-refractivity contribution in [2.75, 3.05) is 23.0 Å². The third-order valence-electron chi connectivity index (χ3n) is 3.34. The van der Waals surface area contributed by atoms with E-state index in [1.165, 1.54) is 17.3 Å². The molecular weight excluding hydrogens is 479 g/mol. The molecule has 2 atom stereocenters. The fourth-order valence-electron chi connectivity index (χ4n) is 2.00. The van der Waals surface area contributed by atoms with Gasteiger partial charge in [0.15, 0.2) is 0 Å². The first-order chi connectivity index (χ1) is 10.6. The topological polar surface area (TPSA) is 68.3 Å². The van der Waals surface area contributed by atoms with Crippen molar-refractivity contribution in [1.29, 1.82) is 0 Å². The predicted molar refractivity (Wildman–Crippen MR) is 105 cm³/mol. The molecule has 2 rings (SSSR count). The summed E-state index contributed by atoms with van der Waals surface area (Å²) in [5.41, 5.74) is 0. The third-order valence-corrected chi connectivity index (χ3v) is 11.5. The van der Waals surface area contributed by atoms with Gasteiger partial charge in [0.25, 0.3) is 0 Å². The van der Waals surface area contributed by atoms with Crippen LogP contribution in [0.25, 0.3) is 0 Å². The molecule has 0 N–H and O–H groups in total. The first kappa shape index (κ1) is 24.4. The fraction of sp³-hybridized carbons (Fsp3) is 1.00. The molecule has 0 radical (unpaired) electrons. The predicted octanol–water partition coefficient (Wildman–Crippen LogP) is 1.79. The van der Waals surface area contributed by atoms with E-state index in [1.807, 2.05) is 0 Å². The normalized spacial score (nSPS) is 27.1. The van der Waals surface area contributed by atoms with Crippen LogP contribution in [-0.2, 0) is 44.9 Å². The van der Waals surface area contributed by atoms with Crippen LogP contribution in [0.2, 0.25) is 8.87 Å². The zero-order valence-corrected chi connectivity index (χ0v) is 20.1. The third kappa shape index (κ3) is 14.3. The Morgan fingerprint density at radius 3 is 1.52 bits per heavy atom. The Balaban J connectivity index is 0.000000317. The molecule has 0 spiro atoms. The average Bonchev–Trinajstić information content (AvgIpc) is 2.92. The molecule has 2 saturated heterocycles. The second-order valence-corrected chi connectivity index (χ2v) is 16.4. The Morgan fingerprint density at radius 1 is 0.913 bits per heavy atom. The Hall–Kier alpha value is 1.40. The smallest absolute Gasteiger partial charge is 0.148 e. The van der Waals surface area contributed by atoms with E-state index < -0.39 is 19.7 Å². The molecule has 4 nitrogen and oxygen atoms in total. The molecular formula is C14H28O4S4Sn. The average molecular weight is 507 g/mol. The number of hydrogen-bond acceptors (Lipinski definition) is 6. The Morgan fingerprint density at radius 2 is 1.35 bits per heavy atom. The quantitative estimate of drug-likeness (QED) is 0.329. The Bertz CT molecular complexity index is 459. The van der Waals surface area contributed by atoms with Crippen LogP contribution in [0.1, 0.15) is 39.5 Å². The summed E-state index contributed by atoms with van der Waals surface area (Å²) in [5, 5.41) is -0.0278. The molecule has 23 heavy (non-hydrogen) atoms. The molecule has 0 saturated carbocycles. The van der Waals surface area contributed by atoms with Gasteiger partial charge in [0.2, 0.25) is 0 Å². The Labute approximate surface area is 163 Å². The number of sulfone groups is 2. The first-order valence-electron chi connectivity index (χ1n) is 8.05. The fourth-order valence-corrected chi connectivity index (χ4v) is 9.60. The molecule has 0 bridgehead atoms. The van der Waals surface area contributed by atoms with E-state index in [-0.39, 0.29) is 43.1 Å². The number of rotatable bonds is 4. The summed E-state index contributed by atoms with van der Waals surface area (Å²) >= 11 is 9.73. The maximum atomic E-state index is 10.6. The molecule has 0 amide bonds. The van der Waals surface area contributed by atoms with Crippen LogP contribution >= 0.6 is 0 Å². The molecule has 2 fully saturated rings. The number of hydrogen-bond donors (Lipinski definition) is 0. The molecule has 9 heteroatoms. The van der Waals surface area contributed by atoms with Crippen molar-refractivity contribution in [3.05, 3.63) is 0 Å². The first-order valence-corrected chi connectivity index (χ1v) is 16.7. The zero-order valence-electron chi connectivity index (χ0n) is 14.0. The van der Waals surface area contributed by atoms with Gasteiger partial charge >= 0.3 is 56.7 Å². The molecule has 0 aliphatic carbocycles. The number of unbranched alkanes of at least 4 members (excludes halogenated alkanes) is 1. The summed E-state index contributed by atoms with van der Waals surface area (Å²) in [4.78, 5) is 0. The van der Waals surface area contributed by atoms with Crippen molar-refractivity contribution in [1.82, 2.24) is 0 Å². The molecule has 0 aromatic rings. The van der Waals surface area contributed by atoms with Crippen molar-refractivity contribution in [3.63, 3.8) is 0 Å². The van der Waals surface area contributed by atoms with Gasteiger partial charge in [-0.25, -0.2) is 16.8 Å². The minimum atomic E-state index is -2.70. The summed E-state index contributed by atoms with van der Waals surface area (Å²) < 4.78 is 45.4. The van der Waals surface area contributed by atoms with Crippen LogP contribution < -0.4 is 0 Å². The Kier molecular flexibility index (Phi) is 13.5. The largest absolute Gasteiger partial charge is 0.788 e. The van der Waals surface area contributed by atoms with Gasteiger partial charge in [0.1, 0.15) is 19.7 Å². The van der Waals surface area contributed by atoms with Crippen molar-refractivity contribution in [2.45, 2.75) is 58.9 Å². The zero-order chi connectivity index (χ0) is 17.9. The van der Waals surface area contributed by atoms with Gasteiger partial charge in [-0.15, -0.1) is 10.5 Å². The van der Waals surface area contributed by atoms with Gasteiger partial charge in [-0.2, -0.15) is 0 Å². The van der Waals surface area contributed by atoms with E-state index in [2.05, 4.69) is 13.8 Å². The molecule has 136 valence electrons. The SMILES string of the molecule is CCC[CH2][Sn+2][CH2]C.O=S1(=O)CCC([S-])C1.O=S1(=O)CCC([S-])C1. The van der Waals surface area contributed by atoms with Crippen molar-refractivity contribution in [2.24, 2.45) is 0 Å². The van der Waals surface area contributed by atoms with Crippen LogP contribution in [0.4, 0.5) is 0 Å². The van der Waals surface area contributed by atoms with Crippen molar-refractivity contribution >= 4 is 66.1 Å². The minimum Gasteiger partial charge on any atom is -0.788 e. The van der Waals surface area contributed by atoms with E-state index >= 15 is 0 Å². The van der Waals surface area contributed by atoms with E-state index in [9.17, 15) is 16.8 Å². The standard InChI is InChI=1S/2C4H8O2S2.C4H9.C2H5.Sn/c2*5-8(6)2-1-4(7)3-8;1-3-4-2;1-2;/h2*4,7H,1-3H2;1,3-4H2,2H3;1H2,2H3;/q;;;;+2/p-2. The summed E-state index contributed by atoms with van der Waals surface area (Å²) in [6, 6.07) is 0. The van der Waals surface area contributed by atoms with Gasteiger partial charge in [0, 0.05) is 23.0 Å². The van der Waals surface area contributed by atoms with E-state index in [4.69, 9.17) is 25.3 Å². The van der Waals surface area contributed by atoms with Crippen molar-refractivity contribution < 1.29 is 16.8 Å². The van der Waals surface area contributed by atoms with Crippen LogP contribution in [0.5, 0.6) is 0 Å². The summed E-state index contributed by atoms with van der Waals surface area (Å²) in [7, 11) is -5.40. The maximum Gasteiger partial charge on any atom is 0.148 e. The van der Waals surface area contributed by atoms with Gasteiger partial charge in [0.05, 0.1) is 0 Å². The monoisotopic (exact) mass is 508 g/mol. The van der Waals surface area contributed by atoms with Crippen LogP contribution in [0.15, 0.2) is 0 Å². The molecule has 2 aliphatic rings. The summed E-state index contributed by atoms with van der Waals surface area (Å²) in [6.07, 6.45) is 4.26. The van der Waals surface area contributed by atoms with Crippen LogP contribution in [0.3, 0.4) is 0 Å². The van der Waals surface area contributed by atoms with Gasteiger partial charge in [-0.1, -0.05) is 12.8 Å². The van der Waals surface area contributed by atoms with Gasteiger partial charge in [-0.05, 0) is 0 Å². The van der Waals surface area contributed by atoms with E-state index in [0.29, 0.717) is 24.3 Å². The second kappa shape index (κ2) is 12.7. The molecule has 2 unspecified atom stereocenters. The van der Waals surface area contributed by atoms with Gasteiger partial charge in [-0.3, -0.25) is 0 Å². The summed E-state index contributed by atoms with van der Waals surface area (Å²) in [6.45, 7) is 4.59. The minimum absolute atomic E-state index is 0.0139. The molecule has 2 aliphatic heterocycles. The van der Waals surface area contributed by atoms with Crippen LogP contribution in [-0.4, -0.2) is 71.5 Å². The van der Waals surface area contributed by atoms with Crippen LogP contribution in [0, 0.1) is 0 Å². The van der Waals surface area contributed by atoms with E-state index in [0.717, 1.165) is 0 Å². The molecule has 2 heterocycles. The van der Waals surface area contributed by atoms with E-state index in [1.54, 1.807) is 4.44 Å². The molecule has 0 aromatic carbocycles. The second-order valence-electron chi connectivity index (χ2n) is 5.76. The van der Waals surface area contributed by atoms with Gasteiger partial charge < -0.3 is 25.3 Å². The summed E-state index contributed by atoms with van der Waals surface area (Å²) in [5.74, 6) is 1.06.